The fourth-order valence-corrected chi connectivity index (χ4v) is 3.62. The first kappa shape index (κ1) is 17.9. The van der Waals surface area contributed by atoms with Gasteiger partial charge in [-0.05, 0) is 52.4 Å². The van der Waals surface area contributed by atoms with Crippen molar-refractivity contribution in [3.8, 4) is 5.75 Å². The number of hydrogen-bond acceptors (Lipinski definition) is 4. The van der Waals surface area contributed by atoms with Crippen molar-refractivity contribution >= 4 is 34.6 Å². The largest absolute Gasteiger partial charge is 0.485 e. The van der Waals surface area contributed by atoms with Crippen LogP contribution in [0.3, 0.4) is 0 Å². The Hall–Kier alpha value is -2.45. The number of benzene rings is 3. The Morgan fingerprint density at radius 3 is 2.67 bits per heavy atom. The number of ether oxygens (including phenoxy) is 1. The highest BCUT2D eigenvalue weighted by atomic mass is 127. The molecule has 3 N–H and O–H groups in total. The van der Waals surface area contributed by atoms with Crippen LogP contribution in [0.25, 0.3) is 0 Å². The summed E-state index contributed by atoms with van der Waals surface area (Å²) in [6.07, 6.45) is 1.54. The van der Waals surface area contributed by atoms with Crippen LogP contribution >= 0.6 is 22.6 Å². The summed E-state index contributed by atoms with van der Waals surface area (Å²) in [6, 6.07) is 20.2. The molecule has 4 nitrogen and oxygen atoms in total. The second-order valence-corrected chi connectivity index (χ2v) is 7.50. The molecule has 0 bridgehead atoms. The summed E-state index contributed by atoms with van der Waals surface area (Å²) in [4.78, 5) is 4.46. The summed E-state index contributed by atoms with van der Waals surface area (Å²) < 4.78 is 21.6. The smallest absolute Gasteiger partial charge is 0.167 e. The standard InChI is InChI=1S/C21H17FIN3O/c22-18-8-4-7-16(20(18)27-12-14-5-2-1-3-6-14)21(24)17-11-15(23)9-10-19(17)25-13-26-21/h1-11,13H,12,24H2,(H,25,26). The van der Waals surface area contributed by atoms with Gasteiger partial charge in [0.25, 0.3) is 0 Å². The molecule has 1 aliphatic heterocycles. The van der Waals surface area contributed by atoms with E-state index in [9.17, 15) is 4.39 Å². The molecule has 3 aromatic rings. The van der Waals surface area contributed by atoms with E-state index in [4.69, 9.17) is 10.5 Å². The van der Waals surface area contributed by atoms with Crippen LogP contribution < -0.4 is 15.8 Å². The fourth-order valence-electron chi connectivity index (χ4n) is 3.13. The lowest BCUT2D eigenvalue weighted by Gasteiger charge is -2.32. The van der Waals surface area contributed by atoms with E-state index in [2.05, 4.69) is 32.9 Å². The molecule has 0 saturated heterocycles. The van der Waals surface area contributed by atoms with E-state index in [1.165, 1.54) is 6.07 Å². The van der Waals surface area contributed by atoms with Crippen LogP contribution in [0.1, 0.15) is 16.7 Å². The summed E-state index contributed by atoms with van der Waals surface area (Å²) in [5.41, 5.74) is 8.51. The maximum Gasteiger partial charge on any atom is 0.167 e. The number of anilines is 1. The van der Waals surface area contributed by atoms with E-state index in [1.54, 1.807) is 18.5 Å². The maximum atomic E-state index is 14.7. The highest BCUT2D eigenvalue weighted by Gasteiger charge is 2.37. The molecule has 27 heavy (non-hydrogen) atoms. The van der Waals surface area contributed by atoms with Gasteiger partial charge in [0.1, 0.15) is 6.61 Å². The minimum absolute atomic E-state index is 0.118. The lowest BCUT2D eigenvalue weighted by molar-refractivity contribution is 0.281. The number of nitrogens with zero attached hydrogens (tertiary/aromatic N) is 1. The van der Waals surface area contributed by atoms with Gasteiger partial charge in [0.15, 0.2) is 17.2 Å². The Balaban J connectivity index is 1.78. The Kier molecular flexibility index (Phi) is 4.84. The molecule has 0 aromatic heterocycles. The predicted octanol–water partition coefficient (Wildman–Crippen LogP) is 4.62. The van der Waals surface area contributed by atoms with Crippen LogP contribution in [0.15, 0.2) is 71.7 Å². The SMILES string of the molecule is NC1(c2cccc(F)c2OCc2ccccc2)N=CNc2ccc(I)cc21. The molecule has 1 atom stereocenters. The zero-order chi connectivity index (χ0) is 18.9. The van der Waals surface area contributed by atoms with E-state index in [1.807, 2.05) is 48.5 Å². The number of fused-ring (bicyclic) bond motifs is 1. The van der Waals surface area contributed by atoms with E-state index in [0.717, 1.165) is 20.4 Å². The first-order valence-electron chi connectivity index (χ1n) is 8.43. The molecule has 136 valence electrons. The van der Waals surface area contributed by atoms with Crippen molar-refractivity contribution in [3.63, 3.8) is 0 Å². The van der Waals surface area contributed by atoms with Gasteiger partial charge >= 0.3 is 0 Å². The average Bonchev–Trinajstić information content (AvgIpc) is 2.68. The minimum Gasteiger partial charge on any atom is -0.485 e. The summed E-state index contributed by atoms with van der Waals surface area (Å²) in [6.45, 7) is 0.242. The van der Waals surface area contributed by atoms with Crippen LogP contribution in [0.5, 0.6) is 5.75 Å². The van der Waals surface area contributed by atoms with Crippen LogP contribution in [0.4, 0.5) is 10.1 Å². The third-order valence-corrected chi connectivity index (χ3v) is 5.16. The second-order valence-electron chi connectivity index (χ2n) is 6.25. The molecule has 6 heteroatoms. The van der Waals surface area contributed by atoms with Gasteiger partial charge in [-0.15, -0.1) is 0 Å². The van der Waals surface area contributed by atoms with Crippen molar-refractivity contribution in [2.75, 3.05) is 5.32 Å². The van der Waals surface area contributed by atoms with E-state index in [0.29, 0.717) is 5.56 Å². The van der Waals surface area contributed by atoms with Crippen LogP contribution in [0.2, 0.25) is 0 Å². The van der Waals surface area contributed by atoms with Crippen molar-refractivity contribution in [3.05, 3.63) is 92.8 Å². The number of aliphatic imine (C=N–C) groups is 1. The first-order chi connectivity index (χ1) is 13.1. The van der Waals surface area contributed by atoms with E-state index >= 15 is 0 Å². The quantitative estimate of drug-likeness (QED) is 0.544. The molecular formula is C21H17FIN3O. The van der Waals surface area contributed by atoms with Crippen molar-refractivity contribution in [2.24, 2.45) is 10.7 Å². The predicted molar refractivity (Wildman–Crippen MR) is 113 cm³/mol. The number of hydrogen-bond donors (Lipinski definition) is 2. The van der Waals surface area contributed by atoms with Crippen molar-refractivity contribution in [1.82, 2.24) is 0 Å². The average molecular weight is 473 g/mol. The zero-order valence-electron chi connectivity index (χ0n) is 14.3. The van der Waals surface area contributed by atoms with E-state index < -0.39 is 11.5 Å². The summed E-state index contributed by atoms with van der Waals surface area (Å²) in [7, 11) is 0. The molecule has 0 fully saturated rings. The van der Waals surface area contributed by atoms with Gasteiger partial charge in [0.2, 0.25) is 0 Å². The van der Waals surface area contributed by atoms with Crippen LogP contribution in [0, 0.1) is 9.39 Å². The molecule has 3 aromatic carbocycles. The zero-order valence-corrected chi connectivity index (χ0v) is 16.5. The Morgan fingerprint density at radius 1 is 1.04 bits per heavy atom. The third kappa shape index (κ3) is 3.42. The topological polar surface area (TPSA) is 59.6 Å². The van der Waals surface area contributed by atoms with Gasteiger partial charge in [-0.1, -0.05) is 42.5 Å². The van der Waals surface area contributed by atoms with Gasteiger partial charge in [0, 0.05) is 20.4 Å². The third-order valence-electron chi connectivity index (χ3n) is 4.48. The van der Waals surface area contributed by atoms with Crippen molar-refractivity contribution < 1.29 is 9.13 Å². The van der Waals surface area contributed by atoms with Gasteiger partial charge < -0.3 is 10.1 Å². The molecule has 4 rings (SSSR count). The molecule has 0 aliphatic carbocycles. The minimum atomic E-state index is -1.24. The molecule has 0 saturated carbocycles. The van der Waals surface area contributed by atoms with Crippen LogP contribution in [-0.4, -0.2) is 6.34 Å². The Labute approximate surface area is 170 Å². The second kappa shape index (κ2) is 7.28. The van der Waals surface area contributed by atoms with Crippen LogP contribution in [-0.2, 0) is 12.3 Å². The fraction of sp³-hybridized carbons (Fsp3) is 0.0952. The number of para-hydroxylation sites is 1. The highest BCUT2D eigenvalue weighted by Crippen LogP contribution is 2.41. The normalized spacial score (nSPS) is 17.9. The van der Waals surface area contributed by atoms with Crippen molar-refractivity contribution in [1.29, 1.82) is 0 Å². The monoisotopic (exact) mass is 473 g/mol. The molecule has 0 amide bonds. The number of nitrogens with two attached hydrogens (primary N) is 1. The molecule has 1 aliphatic rings. The number of nitrogens with one attached hydrogen (secondary N) is 1. The molecule has 0 spiro atoms. The van der Waals surface area contributed by atoms with Crippen molar-refractivity contribution in [2.45, 2.75) is 12.3 Å². The lowest BCUT2D eigenvalue weighted by atomic mass is 9.89. The van der Waals surface area contributed by atoms with E-state index in [-0.39, 0.29) is 12.4 Å². The van der Waals surface area contributed by atoms with Gasteiger partial charge in [-0.25, -0.2) is 9.38 Å². The first-order valence-corrected chi connectivity index (χ1v) is 9.50. The van der Waals surface area contributed by atoms with Gasteiger partial charge in [0.05, 0.1) is 6.34 Å². The number of rotatable bonds is 4. The Bertz CT molecular complexity index is 1010. The van der Waals surface area contributed by atoms with Gasteiger partial charge in [-0.2, -0.15) is 0 Å². The maximum absolute atomic E-state index is 14.7. The highest BCUT2D eigenvalue weighted by molar-refractivity contribution is 14.1. The summed E-state index contributed by atoms with van der Waals surface area (Å²) in [5, 5.41) is 3.10. The molecular weight excluding hydrogens is 456 g/mol. The number of halogens is 2. The molecule has 0 radical (unpaired) electrons. The summed E-state index contributed by atoms with van der Waals surface area (Å²) >= 11 is 2.22. The lowest BCUT2D eigenvalue weighted by Crippen LogP contribution is -2.40. The molecule has 1 heterocycles. The van der Waals surface area contributed by atoms with Gasteiger partial charge in [-0.3, -0.25) is 5.73 Å². The summed E-state index contributed by atoms with van der Waals surface area (Å²) in [5.74, 6) is -0.345. The Morgan fingerprint density at radius 2 is 1.85 bits per heavy atom. The molecule has 1 unspecified atom stereocenters.